The Morgan fingerprint density at radius 1 is 0.430 bits per heavy atom. The first-order chi connectivity index (χ1) is 44.0. The first-order valence-corrected chi connectivity index (χ1v) is 30.8. The Labute approximate surface area is 602 Å². The quantitative estimate of drug-likeness (QED) is 0.0608. The zero-order valence-corrected chi connectivity index (χ0v) is 57.2. The number of carboxylic acids is 2. The Kier molecular flexibility index (Phi) is 28.5. The summed E-state index contributed by atoms with van der Waals surface area (Å²) in [6.07, 6.45) is 0. The van der Waals surface area contributed by atoms with Crippen LogP contribution in [-0.2, 0) is 0 Å². The van der Waals surface area contributed by atoms with E-state index in [0.29, 0.717) is 102 Å². The molecular formula is C60H33BCl15N9O8. The third-order valence-corrected chi connectivity index (χ3v) is 15.8. The normalized spacial score (nSPS) is 10.3. The van der Waals surface area contributed by atoms with E-state index in [9.17, 15) is 14.4 Å². The number of primary amides is 1. The van der Waals surface area contributed by atoms with Crippen molar-refractivity contribution < 1.29 is 39.2 Å². The van der Waals surface area contributed by atoms with Gasteiger partial charge in [0.15, 0.2) is 5.82 Å². The fraction of sp³-hybridized carbons (Fsp3) is 0. The molecule has 0 atom stereocenters. The molecule has 93 heavy (non-hydrogen) atoms. The number of benzene rings is 5. The number of anilines is 1. The van der Waals surface area contributed by atoms with Gasteiger partial charge in [-0.25, -0.2) is 34.5 Å². The molecule has 8 N–H and O–H groups in total. The van der Waals surface area contributed by atoms with Crippen LogP contribution in [0.25, 0.3) is 56.1 Å². The number of rotatable bonds is 8. The van der Waals surface area contributed by atoms with Gasteiger partial charge in [-0.1, -0.05) is 185 Å². The Hall–Kier alpha value is -6.65. The third kappa shape index (κ3) is 21.4. The van der Waals surface area contributed by atoms with Gasteiger partial charge in [0, 0.05) is 57.9 Å². The van der Waals surface area contributed by atoms with Gasteiger partial charge in [0.1, 0.15) is 31.8 Å². The van der Waals surface area contributed by atoms with Gasteiger partial charge in [-0.15, -0.1) is 0 Å². The predicted octanol–water partition coefficient (Wildman–Crippen LogP) is 19.3. The van der Waals surface area contributed by atoms with Gasteiger partial charge in [-0.3, -0.25) is 4.79 Å². The molecule has 11 rings (SSSR count). The van der Waals surface area contributed by atoms with Crippen molar-refractivity contribution >= 4 is 221 Å². The number of nitrogens with zero attached hydrogens (tertiary/aromatic N) is 7. The highest BCUT2D eigenvalue weighted by atomic mass is 35.5. The topological polar surface area (TPSA) is 298 Å². The van der Waals surface area contributed by atoms with Crippen LogP contribution in [0.15, 0.2) is 156 Å². The molecule has 33 heteroatoms. The average molecular weight is 1550 g/mol. The summed E-state index contributed by atoms with van der Waals surface area (Å²) in [4.78, 5) is 52.3. The number of nitrogens with two attached hydrogens (primary N) is 2. The molecule has 0 aliphatic carbocycles. The van der Waals surface area contributed by atoms with E-state index in [4.69, 9.17) is 216 Å². The second-order valence-electron chi connectivity index (χ2n) is 17.8. The van der Waals surface area contributed by atoms with Crippen molar-refractivity contribution in [3.05, 3.63) is 250 Å². The lowest BCUT2D eigenvalue weighted by molar-refractivity contribution is 0.0685. The SMILES string of the molecule is N#Cc1ccc(-c2ccc(Cl)cc2Cl)nc1Cl.NC(=O)c1ccc(-c2ccc(Cl)cc2Cl)nc1Cl.Nc1noc2nc(-c3ccc(Cl)cc3Cl)ccc12.O=C(O)c1ccc(-c2ccc(Cl)cc2Cl)nc1Cl.O=C(O)c1ccc(Cl)nc1Cl.OB(O)c1ccc(Cl)cc1Cl. The molecule has 0 saturated carbocycles. The minimum atomic E-state index is -1.54. The molecule has 11 aromatic rings. The van der Waals surface area contributed by atoms with Crippen LogP contribution in [0.2, 0.25) is 76.0 Å². The van der Waals surface area contributed by atoms with Gasteiger partial charge < -0.3 is 36.3 Å². The van der Waals surface area contributed by atoms with Gasteiger partial charge in [-0.05, 0) is 146 Å². The van der Waals surface area contributed by atoms with Crippen LogP contribution in [0.5, 0.6) is 0 Å². The minimum Gasteiger partial charge on any atom is -0.478 e. The standard InChI is InChI=1S/C12H7Cl3N2O.C12H5Cl3N2.C12H6Cl3NO2.C12H7Cl2N3O.C6H5BCl2O2.C6H3Cl2NO2/c13-6-1-2-7(9(14)5-6)10-4-3-8(12(16)18)11(15)17-10;13-8-2-3-9(10(14)5-8)11-4-1-7(6-16)12(15)17-11;13-6-1-2-7(9(14)5-6)10-4-3-8(12(17)18)11(15)16-10;13-6-1-2-7(9(14)5-6)10-4-3-8-11(15)17-18-12(8)16-10;8-4-1-2-5(7(10)11)6(9)3-4;7-4-2-1-3(6(10)11)5(8)9-4/h1-5H,(H2,16,18);1-5H;1-5H,(H,17,18);1-5H,(H2,15,17);1-3,10-11H;1-2H,(H,10,11). The van der Waals surface area contributed by atoms with Crippen molar-refractivity contribution in [2.24, 2.45) is 5.73 Å². The van der Waals surface area contributed by atoms with Crippen LogP contribution < -0.4 is 16.9 Å². The number of nitriles is 1. The van der Waals surface area contributed by atoms with Crippen LogP contribution in [0.4, 0.5) is 5.82 Å². The first kappa shape index (κ1) is 75.4. The van der Waals surface area contributed by atoms with E-state index < -0.39 is 25.0 Å². The lowest BCUT2D eigenvalue weighted by atomic mass is 9.80. The van der Waals surface area contributed by atoms with Crippen molar-refractivity contribution in [2.45, 2.75) is 0 Å². The summed E-state index contributed by atoms with van der Waals surface area (Å²) < 4.78 is 5.02. The van der Waals surface area contributed by atoms with Gasteiger partial charge in [0.25, 0.3) is 11.6 Å². The number of nitrogen functional groups attached to an aromatic ring is 1. The number of carbonyl (C=O) groups excluding carboxylic acids is 1. The molecule has 0 bridgehead atoms. The highest BCUT2D eigenvalue weighted by Gasteiger charge is 2.18. The first-order valence-electron chi connectivity index (χ1n) is 25.1. The van der Waals surface area contributed by atoms with E-state index in [2.05, 4.69) is 30.1 Å². The Bertz CT molecular complexity index is 4540. The number of carboxylic acid groups (broad SMARTS) is 2. The zero-order valence-electron chi connectivity index (χ0n) is 45.9. The van der Waals surface area contributed by atoms with Crippen molar-refractivity contribution in [3.8, 4) is 51.1 Å². The lowest BCUT2D eigenvalue weighted by Crippen LogP contribution is -2.30. The summed E-state index contributed by atoms with van der Waals surface area (Å²) in [7, 11) is -1.54. The molecule has 5 aromatic carbocycles. The molecular weight excluding hydrogens is 1520 g/mol. The van der Waals surface area contributed by atoms with Gasteiger partial charge in [0.05, 0.1) is 70.5 Å². The fourth-order valence-electron chi connectivity index (χ4n) is 7.25. The molecule has 0 saturated heterocycles. The van der Waals surface area contributed by atoms with E-state index in [1.54, 1.807) is 109 Å². The van der Waals surface area contributed by atoms with Crippen molar-refractivity contribution in [1.29, 1.82) is 5.26 Å². The minimum absolute atomic E-state index is 0.0453. The average Bonchev–Trinajstić information content (AvgIpc) is 1.84. The summed E-state index contributed by atoms with van der Waals surface area (Å²) in [6.45, 7) is 0. The Morgan fingerprint density at radius 2 is 0.785 bits per heavy atom. The van der Waals surface area contributed by atoms with E-state index in [-0.39, 0.29) is 52.9 Å². The summed E-state index contributed by atoms with van der Waals surface area (Å²) in [5, 5.41) is 52.9. The summed E-state index contributed by atoms with van der Waals surface area (Å²) in [5.74, 6) is -2.53. The molecule has 0 aliphatic heterocycles. The number of fused-ring (bicyclic) bond motifs is 1. The molecule has 0 unspecified atom stereocenters. The third-order valence-electron chi connectivity index (χ3n) is 11.6. The van der Waals surface area contributed by atoms with Crippen LogP contribution in [0.1, 0.15) is 36.6 Å². The van der Waals surface area contributed by atoms with Crippen LogP contribution in [-0.4, -0.2) is 75.3 Å². The van der Waals surface area contributed by atoms with Crippen LogP contribution >= 0.6 is 174 Å². The van der Waals surface area contributed by atoms with Gasteiger partial charge in [0.2, 0.25) is 0 Å². The molecule has 6 aromatic heterocycles. The maximum Gasteiger partial charge on any atom is 0.489 e. The number of hydrogen-bond acceptors (Lipinski definition) is 14. The summed E-state index contributed by atoms with van der Waals surface area (Å²) >= 11 is 87.2. The predicted molar refractivity (Wildman–Crippen MR) is 373 cm³/mol. The number of hydrogen-bond donors (Lipinski definition) is 6. The molecule has 0 radical (unpaired) electrons. The number of aromatic carboxylic acids is 2. The molecule has 6 heterocycles. The number of amides is 1. The van der Waals surface area contributed by atoms with Crippen LogP contribution in [0.3, 0.4) is 0 Å². The lowest BCUT2D eigenvalue weighted by Gasteiger charge is -2.06. The smallest absolute Gasteiger partial charge is 0.478 e. The largest absolute Gasteiger partial charge is 0.489 e. The maximum atomic E-state index is 11.0. The van der Waals surface area contributed by atoms with Gasteiger partial charge >= 0.3 is 19.1 Å². The molecule has 0 spiro atoms. The fourth-order valence-corrected chi connectivity index (χ4v) is 10.9. The molecule has 1 amide bonds. The number of pyridine rings is 5. The zero-order chi connectivity index (χ0) is 68.5. The maximum absolute atomic E-state index is 11.0. The number of aromatic nitrogens is 6. The van der Waals surface area contributed by atoms with E-state index in [1.165, 1.54) is 36.4 Å². The van der Waals surface area contributed by atoms with E-state index >= 15 is 0 Å². The molecule has 0 aliphatic rings. The van der Waals surface area contributed by atoms with E-state index in [1.807, 2.05) is 12.1 Å². The highest BCUT2D eigenvalue weighted by Crippen LogP contribution is 2.35. The van der Waals surface area contributed by atoms with Crippen molar-refractivity contribution in [2.75, 3.05) is 5.73 Å². The number of halogens is 15. The monoisotopic (exact) mass is 1540 g/mol. The Balaban J connectivity index is 0.000000179. The second-order valence-corrected chi connectivity index (χ2v) is 23.9. The van der Waals surface area contributed by atoms with Gasteiger partial charge in [-0.2, -0.15) is 5.26 Å². The van der Waals surface area contributed by atoms with Crippen LogP contribution in [0, 0.1) is 11.3 Å². The Morgan fingerprint density at radius 3 is 1.14 bits per heavy atom. The summed E-state index contributed by atoms with van der Waals surface area (Å²) in [5.41, 5.74) is 17.0. The molecule has 0 fully saturated rings. The van der Waals surface area contributed by atoms with Crippen molar-refractivity contribution in [3.63, 3.8) is 0 Å². The van der Waals surface area contributed by atoms with Crippen molar-refractivity contribution in [1.82, 2.24) is 30.1 Å². The molecule has 474 valence electrons. The second kappa shape index (κ2) is 35.2. The summed E-state index contributed by atoms with van der Waals surface area (Å²) in [6, 6.07) is 42.4. The molecule has 17 nitrogen and oxygen atoms in total. The number of carbonyl (C=O) groups is 3. The highest BCUT2D eigenvalue weighted by molar-refractivity contribution is 6.63. The van der Waals surface area contributed by atoms with E-state index in [0.717, 1.165) is 11.1 Å².